The van der Waals surface area contributed by atoms with Crippen molar-refractivity contribution in [3.05, 3.63) is 24.2 Å². The fourth-order valence-electron chi connectivity index (χ4n) is 1.60. The van der Waals surface area contributed by atoms with Crippen molar-refractivity contribution in [3.8, 4) is 0 Å². The van der Waals surface area contributed by atoms with Crippen LogP contribution in [0.15, 0.2) is 21.7 Å². The van der Waals surface area contributed by atoms with E-state index in [1.807, 2.05) is 13.8 Å². The first kappa shape index (κ1) is 14.7. The Balaban J connectivity index is 2.16. The maximum Gasteiger partial charge on any atom is 0.246 e. The van der Waals surface area contributed by atoms with E-state index in [0.717, 1.165) is 4.31 Å². The van der Waals surface area contributed by atoms with E-state index in [9.17, 15) is 8.42 Å². The van der Waals surface area contributed by atoms with Crippen LogP contribution in [0.4, 0.5) is 0 Å². The summed E-state index contributed by atoms with van der Waals surface area (Å²) in [6.07, 6.45) is 3.45. The van der Waals surface area contributed by atoms with Crippen LogP contribution in [0.25, 0.3) is 0 Å². The molecule has 0 aliphatic heterocycles. The van der Waals surface area contributed by atoms with Crippen molar-refractivity contribution >= 4 is 10.0 Å². The van der Waals surface area contributed by atoms with E-state index in [1.54, 1.807) is 4.68 Å². The summed E-state index contributed by atoms with van der Waals surface area (Å²) >= 11 is 0. The zero-order valence-electron chi connectivity index (χ0n) is 11.6. The summed E-state index contributed by atoms with van der Waals surface area (Å²) in [4.78, 5) is 0.150. The minimum absolute atomic E-state index is 0.0344. The fraction of sp³-hybridized carbons (Fsp3) is 0.545. The number of aromatic nitrogens is 4. The third-order valence-corrected chi connectivity index (χ3v) is 4.57. The van der Waals surface area contributed by atoms with E-state index < -0.39 is 10.0 Å². The van der Waals surface area contributed by atoms with Crippen molar-refractivity contribution < 1.29 is 12.8 Å². The van der Waals surface area contributed by atoms with Crippen LogP contribution in [0.3, 0.4) is 0 Å². The van der Waals surface area contributed by atoms with Crippen LogP contribution in [-0.4, -0.2) is 39.7 Å². The molecule has 2 heterocycles. The first-order chi connectivity index (χ1) is 9.47. The predicted molar refractivity (Wildman–Crippen MR) is 70.2 cm³/mol. The van der Waals surface area contributed by atoms with E-state index in [1.165, 1.54) is 19.4 Å². The van der Waals surface area contributed by atoms with E-state index in [4.69, 9.17) is 4.42 Å². The molecule has 0 bridgehead atoms. The molecule has 0 amide bonds. The summed E-state index contributed by atoms with van der Waals surface area (Å²) in [5.41, 5.74) is 0. The molecule has 0 saturated heterocycles. The second-order valence-corrected chi connectivity index (χ2v) is 6.28. The van der Waals surface area contributed by atoms with Gasteiger partial charge in [-0.3, -0.25) is 4.68 Å². The quantitative estimate of drug-likeness (QED) is 0.778. The van der Waals surface area contributed by atoms with Gasteiger partial charge in [0.15, 0.2) is 0 Å². The van der Waals surface area contributed by atoms with Crippen LogP contribution in [0, 0.1) is 0 Å². The molecule has 2 aromatic heterocycles. The first-order valence-electron chi connectivity index (χ1n) is 6.27. The summed E-state index contributed by atoms with van der Waals surface area (Å²) < 4.78 is 32.7. The Labute approximate surface area is 117 Å². The summed E-state index contributed by atoms with van der Waals surface area (Å²) in [5.74, 6) is 0.764. The highest BCUT2D eigenvalue weighted by Crippen LogP contribution is 2.15. The minimum atomic E-state index is -3.60. The van der Waals surface area contributed by atoms with Gasteiger partial charge in [-0.15, -0.1) is 10.2 Å². The first-order valence-corrected chi connectivity index (χ1v) is 7.71. The molecule has 20 heavy (non-hydrogen) atoms. The molecule has 2 aromatic rings. The van der Waals surface area contributed by atoms with Gasteiger partial charge in [0, 0.05) is 26.2 Å². The summed E-state index contributed by atoms with van der Waals surface area (Å²) in [6, 6.07) is 0. The molecule has 2 rings (SSSR count). The molecular weight excluding hydrogens is 282 g/mol. The maximum absolute atomic E-state index is 12.3. The third-order valence-electron chi connectivity index (χ3n) is 2.81. The van der Waals surface area contributed by atoms with Gasteiger partial charge >= 0.3 is 0 Å². The second-order valence-electron chi connectivity index (χ2n) is 4.24. The van der Waals surface area contributed by atoms with Crippen molar-refractivity contribution in [1.82, 2.24) is 24.3 Å². The van der Waals surface area contributed by atoms with Crippen molar-refractivity contribution in [2.45, 2.75) is 38.3 Å². The molecule has 0 atom stereocenters. The van der Waals surface area contributed by atoms with Crippen LogP contribution in [0.1, 0.15) is 25.6 Å². The lowest BCUT2D eigenvalue weighted by molar-refractivity contribution is 0.381. The molecular formula is C11H17N5O3S. The second kappa shape index (κ2) is 5.71. The zero-order valence-corrected chi connectivity index (χ0v) is 12.5. The van der Waals surface area contributed by atoms with Crippen molar-refractivity contribution in [1.29, 1.82) is 0 Å². The van der Waals surface area contributed by atoms with E-state index in [0.29, 0.717) is 18.9 Å². The van der Waals surface area contributed by atoms with Crippen LogP contribution in [0.2, 0.25) is 0 Å². The van der Waals surface area contributed by atoms with Gasteiger partial charge in [0.2, 0.25) is 21.8 Å². The summed E-state index contributed by atoms with van der Waals surface area (Å²) in [5, 5.41) is 11.6. The van der Waals surface area contributed by atoms with Crippen LogP contribution < -0.4 is 0 Å². The van der Waals surface area contributed by atoms with Crippen molar-refractivity contribution in [2.24, 2.45) is 0 Å². The van der Waals surface area contributed by atoms with E-state index in [2.05, 4.69) is 15.3 Å². The Kier molecular flexibility index (Phi) is 4.19. The van der Waals surface area contributed by atoms with Crippen molar-refractivity contribution in [2.75, 3.05) is 7.05 Å². The van der Waals surface area contributed by atoms with Gasteiger partial charge in [0.1, 0.15) is 4.90 Å². The molecule has 8 nitrogen and oxygen atoms in total. The minimum Gasteiger partial charge on any atom is -0.424 e. The normalized spacial score (nSPS) is 12.2. The Hall–Kier alpha value is -1.74. The van der Waals surface area contributed by atoms with Crippen molar-refractivity contribution in [3.63, 3.8) is 0 Å². The SMILES string of the molecule is CCc1nnc(CN(C)S(=O)(=O)c2cnn(CC)c2)o1. The Bertz CT molecular complexity index is 676. The van der Waals surface area contributed by atoms with Gasteiger partial charge in [-0.1, -0.05) is 6.92 Å². The maximum atomic E-state index is 12.3. The average molecular weight is 299 g/mol. The molecule has 0 saturated carbocycles. The van der Waals surface area contributed by atoms with Gasteiger partial charge in [0.05, 0.1) is 12.7 Å². The summed E-state index contributed by atoms with van der Waals surface area (Å²) in [7, 11) is -2.13. The number of rotatable bonds is 6. The predicted octanol–water partition coefficient (Wildman–Crippen LogP) is 0.669. The topological polar surface area (TPSA) is 94.1 Å². The highest BCUT2D eigenvalue weighted by molar-refractivity contribution is 7.89. The van der Waals surface area contributed by atoms with Crippen LogP contribution in [-0.2, 0) is 29.5 Å². The number of hydrogen-bond donors (Lipinski definition) is 0. The lowest BCUT2D eigenvalue weighted by atomic mass is 10.5. The zero-order chi connectivity index (χ0) is 14.8. The lowest BCUT2D eigenvalue weighted by Gasteiger charge is -2.13. The Morgan fingerprint density at radius 3 is 2.55 bits per heavy atom. The van der Waals surface area contributed by atoms with E-state index >= 15 is 0 Å². The van der Waals surface area contributed by atoms with Gasteiger partial charge < -0.3 is 4.42 Å². The molecule has 0 radical (unpaired) electrons. The monoisotopic (exact) mass is 299 g/mol. The summed E-state index contributed by atoms with van der Waals surface area (Å²) in [6.45, 7) is 4.42. The van der Waals surface area contributed by atoms with Gasteiger partial charge in [-0.2, -0.15) is 9.40 Å². The Morgan fingerprint density at radius 1 is 1.30 bits per heavy atom. The number of nitrogens with zero attached hydrogens (tertiary/aromatic N) is 5. The molecule has 0 unspecified atom stereocenters. The van der Waals surface area contributed by atoms with Crippen LogP contribution >= 0.6 is 0 Å². The van der Waals surface area contributed by atoms with E-state index in [-0.39, 0.29) is 17.3 Å². The Morgan fingerprint density at radius 2 is 2.00 bits per heavy atom. The molecule has 9 heteroatoms. The largest absolute Gasteiger partial charge is 0.424 e. The highest BCUT2D eigenvalue weighted by Gasteiger charge is 2.24. The molecule has 0 aliphatic rings. The molecule has 0 fully saturated rings. The molecule has 0 spiro atoms. The highest BCUT2D eigenvalue weighted by atomic mass is 32.2. The smallest absolute Gasteiger partial charge is 0.246 e. The fourth-order valence-corrected chi connectivity index (χ4v) is 2.68. The molecule has 110 valence electrons. The van der Waals surface area contributed by atoms with Crippen LogP contribution in [0.5, 0.6) is 0 Å². The van der Waals surface area contributed by atoms with Gasteiger partial charge in [-0.05, 0) is 6.92 Å². The third kappa shape index (κ3) is 2.88. The number of hydrogen-bond acceptors (Lipinski definition) is 6. The van der Waals surface area contributed by atoms with Gasteiger partial charge in [0.25, 0.3) is 0 Å². The molecule has 0 aromatic carbocycles. The van der Waals surface area contributed by atoms with Gasteiger partial charge in [-0.25, -0.2) is 8.42 Å². The lowest BCUT2D eigenvalue weighted by Crippen LogP contribution is -2.26. The molecule has 0 aliphatic carbocycles. The number of aryl methyl sites for hydroxylation is 2. The molecule has 0 N–H and O–H groups in total. The average Bonchev–Trinajstić information content (AvgIpc) is 3.07. The number of sulfonamides is 1. The standard InChI is InChI=1S/C11H17N5O3S/c1-4-10-13-14-11(19-10)8-15(3)20(17,18)9-6-12-16(5-2)7-9/h6-7H,4-5,8H2,1-3H3.